The highest BCUT2D eigenvalue weighted by molar-refractivity contribution is 5.98. The Labute approximate surface area is 222 Å². The van der Waals surface area contributed by atoms with Gasteiger partial charge in [0.05, 0.1) is 0 Å². The highest BCUT2D eigenvalue weighted by Crippen LogP contribution is 2.25. The standard InChI is InChI=1S/C31H33N3O4/c1-20(2)18-28(32-24-16-12-22(13-17-24)29(35)8-5-9-30(36)37)31(38)33-25-14-10-21(11-15-25)27-19-23-6-3-4-7-26(23)34-27/h3-4,6-7,10-17,19-20,28,32,34H,5,8-9,18H2,1-2H3,(H,33,38)(H,36,37)/t28-/m0/s1. The van der Waals surface area contributed by atoms with Crippen molar-refractivity contribution in [1.82, 2.24) is 4.98 Å². The summed E-state index contributed by atoms with van der Waals surface area (Å²) in [5.41, 5.74) is 5.12. The molecular weight excluding hydrogens is 478 g/mol. The quantitative estimate of drug-likeness (QED) is 0.157. The van der Waals surface area contributed by atoms with Crippen LogP contribution >= 0.6 is 0 Å². The maximum absolute atomic E-state index is 13.2. The van der Waals surface area contributed by atoms with Gasteiger partial charge in [0, 0.05) is 46.4 Å². The molecule has 0 unspecified atom stereocenters. The van der Waals surface area contributed by atoms with Gasteiger partial charge in [0.25, 0.3) is 0 Å². The Balaban J connectivity index is 1.39. The van der Waals surface area contributed by atoms with Crippen molar-refractivity contribution in [2.24, 2.45) is 5.92 Å². The van der Waals surface area contributed by atoms with Gasteiger partial charge in [-0.1, -0.05) is 44.2 Å². The number of H-pyrrole nitrogens is 1. The van der Waals surface area contributed by atoms with E-state index < -0.39 is 12.0 Å². The smallest absolute Gasteiger partial charge is 0.303 e. The van der Waals surface area contributed by atoms with Crippen LogP contribution in [0.5, 0.6) is 0 Å². The number of anilines is 2. The third-order valence-corrected chi connectivity index (χ3v) is 6.36. The van der Waals surface area contributed by atoms with Gasteiger partial charge in [-0.25, -0.2) is 0 Å². The number of carboxylic acid groups (broad SMARTS) is 1. The Morgan fingerprint density at radius 3 is 2.21 bits per heavy atom. The number of ketones is 1. The number of carbonyl (C=O) groups excluding carboxylic acids is 2. The third-order valence-electron chi connectivity index (χ3n) is 6.36. The summed E-state index contributed by atoms with van der Waals surface area (Å²) >= 11 is 0. The molecule has 196 valence electrons. The molecule has 1 aromatic heterocycles. The Bertz CT molecular complexity index is 1370. The molecule has 7 heteroatoms. The van der Waals surface area contributed by atoms with Gasteiger partial charge in [0.15, 0.2) is 5.78 Å². The summed E-state index contributed by atoms with van der Waals surface area (Å²) in [6.45, 7) is 4.13. The molecule has 0 spiro atoms. The first-order valence-corrected chi connectivity index (χ1v) is 12.9. The average Bonchev–Trinajstić information content (AvgIpc) is 3.33. The molecule has 1 atom stereocenters. The second kappa shape index (κ2) is 12.2. The van der Waals surface area contributed by atoms with E-state index in [1.54, 1.807) is 24.3 Å². The van der Waals surface area contributed by atoms with E-state index in [0.717, 1.165) is 27.8 Å². The Kier molecular flexibility index (Phi) is 8.58. The number of fused-ring (bicyclic) bond motifs is 1. The molecule has 0 aliphatic rings. The summed E-state index contributed by atoms with van der Waals surface area (Å²) in [4.78, 5) is 39.6. The van der Waals surface area contributed by atoms with Gasteiger partial charge in [-0.05, 0) is 72.9 Å². The Morgan fingerprint density at radius 1 is 0.868 bits per heavy atom. The minimum Gasteiger partial charge on any atom is -0.481 e. The lowest BCUT2D eigenvalue weighted by Crippen LogP contribution is -2.35. The van der Waals surface area contributed by atoms with Crippen LogP contribution in [-0.4, -0.2) is 33.8 Å². The molecule has 0 bridgehead atoms. The van der Waals surface area contributed by atoms with Gasteiger partial charge in [0.2, 0.25) is 5.91 Å². The van der Waals surface area contributed by atoms with Crippen molar-refractivity contribution in [2.45, 2.75) is 45.6 Å². The van der Waals surface area contributed by atoms with Gasteiger partial charge < -0.3 is 20.7 Å². The second-order valence-corrected chi connectivity index (χ2v) is 9.91. The molecule has 1 amide bonds. The summed E-state index contributed by atoms with van der Waals surface area (Å²) in [7, 11) is 0. The summed E-state index contributed by atoms with van der Waals surface area (Å²) in [5.74, 6) is -0.842. The Hall–Kier alpha value is -4.39. The molecule has 0 aliphatic heterocycles. The summed E-state index contributed by atoms with van der Waals surface area (Å²) in [5, 5.41) is 16.2. The number of aliphatic carboxylic acids is 1. The van der Waals surface area contributed by atoms with Gasteiger partial charge >= 0.3 is 5.97 Å². The van der Waals surface area contributed by atoms with Crippen LogP contribution in [0.3, 0.4) is 0 Å². The highest BCUT2D eigenvalue weighted by atomic mass is 16.4. The third kappa shape index (κ3) is 7.09. The normalized spacial score (nSPS) is 11.9. The molecule has 0 fully saturated rings. The number of nitrogens with one attached hydrogen (secondary N) is 3. The molecule has 4 aromatic rings. The van der Waals surface area contributed by atoms with E-state index in [0.29, 0.717) is 24.1 Å². The van der Waals surface area contributed by atoms with Crippen LogP contribution in [0.15, 0.2) is 78.9 Å². The average molecular weight is 512 g/mol. The number of carboxylic acids is 1. The number of hydrogen-bond acceptors (Lipinski definition) is 4. The molecule has 0 saturated carbocycles. The zero-order valence-corrected chi connectivity index (χ0v) is 21.7. The monoisotopic (exact) mass is 511 g/mol. The first kappa shape index (κ1) is 26.7. The van der Waals surface area contributed by atoms with E-state index in [4.69, 9.17) is 5.11 Å². The van der Waals surface area contributed by atoms with Gasteiger partial charge in [-0.2, -0.15) is 0 Å². The van der Waals surface area contributed by atoms with Crippen molar-refractivity contribution >= 4 is 39.9 Å². The lowest BCUT2D eigenvalue weighted by atomic mass is 10.0. The molecule has 38 heavy (non-hydrogen) atoms. The van der Waals surface area contributed by atoms with Crippen molar-refractivity contribution < 1.29 is 19.5 Å². The van der Waals surface area contributed by atoms with E-state index in [-0.39, 0.29) is 30.4 Å². The molecule has 4 N–H and O–H groups in total. The van der Waals surface area contributed by atoms with Crippen LogP contribution in [0, 0.1) is 5.92 Å². The van der Waals surface area contributed by atoms with Gasteiger partial charge in [-0.3, -0.25) is 14.4 Å². The molecule has 1 heterocycles. The summed E-state index contributed by atoms with van der Waals surface area (Å²) in [6, 6.07) is 24.5. The number of aromatic amines is 1. The van der Waals surface area contributed by atoms with Crippen molar-refractivity contribution in [1.29, 1.82) is 0 Å². The van der Waals surface area contributed by atoms with Gasteiger partial charge in [0.1, 0.15) is 6.04 Å². The fourth-order valence-corrected chi connectivity index (χ4v) is 4.39. The summed E-state index contributed by atoms with van der Waals surface area (Å²) < 4.78 is 0. The van der Waals surface area contributed by atoms with E-state index >= 15 is 0 Å². The second-order valence-electron chi connectivity index (χ2n) is 9.91. The molecule has 0 saturated heterocycles. The molecule has 0 radical (unpaired) electrons. The predicted octanol–water partition coefficient (Wildman–Crippen LogP) is 6.74. The molecular formula is C31H33N3O4. The van der Waals surface area contributed by atoms with Gasteiger partial charge in [-0.15, -0.1) is 0 Å². The minimum atomic E-state index is -0.906. The largest absolute Gasteiger partial charge is 0.481 e. The van der Waals surface area contributed by atoms with Crippen LogP contribution < -0.4 is 10.6 Å². The van der Waals surface area contributed by atoms with Crippen molar-refractivity contribution in [3.05, 3.63) is 84.4 Å². The van der Waals surface area contributed by atoms with Crippen LogP contribution in [-0.2, 0) is 9.59 Å². The van der Waals surface area contributed by atoms with E-state index in [9.17, 15) is 14.4 Å². The SMILES string of the molecule is CC(C)C[C@H](Nc1ccc(C(=O)CCCC(=O)O)cc1)C(=O)Nc1ccc(-c2cc3ccccc3[nH]2)cc1. The maximum Gasteiger partial charge on any atom is 0.303 e. The van der Waals surface area contributed by atoms with E-state index in [1.165, 1.54) is 0 Å². The van der Waals surface area contributed by atoms with Crippen LogP contribution in [0.25, 0.3) is 22.2 Å². The number of aromatic nitrogens is 1. The predicted molar refractivity (Wildman–Crippen MR) is 151 cm³/mol. The highest BCUT2D eigenvalue weighted by Gasteiger charge is 2.20. The number of para-hydroxylation sites is 1. The van der Waals surface area contributed by atoms with E-state index in [1.807, 2.05) is 42.5 Å². The Morgan fingerprint density at radius 2 is 1.55 bits per heavy atom. The van der Waals surface area contributed by atoms with Crippen LogP contribution in [0.1, 0.15) is 49.9 Å². The maximum atomic E-state index is 13.2. The first-order valence-electron chi connectivity index (χ1n) is 12.9. The molecule has 4 rings (SSSR count). The zero-order chi connectivity index (χ0) is 27.1. The molecule has 3 aromatic carbocycles. The number of benzene rings is 3. The summed E-state index contributed by atoms with van der Waals surface area (Å²) in [6.07, 6.45) is 1.11. The lowest BCUT2D eigenvalue weighted by Gasteiger charge is -2.21. The molecule has 0 aliphatic carbocycles. The molecule has 7 nitrogen and oxygen atoms in total. The topological polar surface area (TPSA) is 111 Å². The number of carbonyl (C=O) groups is 3. The van der Waals surface area contributed by atoms with Crippen molar-refractivity contribution in [3.63, 3.8) is 0 Å². The van der Waals surface area contributed by atoms with E-state index in [2.05, 4.69) is 41.6 Å². The minimum absolute atomic E-state index is 0.0247. The van der Waals surface area contributed by atoms with Crippen LogP contribution in [0.4, 0.5) is 11.4 Å². The van der Waals surface area contributed by atoms with Crippen molar-refractivity contribution in [2.75, 3.05) is 10.6 Å². The zero-order valence-electron chi connectivity index (χ0n) is 21.7. The number of rotatable bonds is 12. The number of amides is 1. The number of hydrogen-bond donors (Lipinski definition) is 4. The fourth-order valence-electron chi connectivity index (χ4n) is 4.39. The lowest BCUT2D eigenvalue weighted by molar-refractivity contribution is -0.137. The van der Waals surface area contributed by atoms with Crippen molar-refractivity contribution in [3.8, 4) is 11.3 Å². The van der Waals surface area contributed by atoms with Crippen LogP contribution in [0.2, 0.25) is 0 Å². The fraction of sp³-hybridized carbons (Fsp3) is 0.258. The number of Topliss-reactive ketones (excluding diaryl/α,β-unsaturated/α-hetero) is 1. The first-order chi connectivity index (χ1) is 18.3.